The number of nitrogens with one attached hydrogen (secondary N) is 1. The molecule has 2 unspecified atom stereocenters. The van der Waals surface area contributed by atoms with Crippen LogP contribution >= 0.6 is 0 Å². The minimum Gasteiger partial charge on any atom is -0.482 e. The third-order valence-corrected chi connectivity index (χ3v) is 7.65. The van der Waals surface area contributed by atoms with Gasteiger partial charge in [-0.15, -0.1) is 0 Å². The molecule has 0 radical (unpaired) electrons. The number of benzene rings is 2. The van der Waals surface area contributed by atoms with Gasteiger partial charge in [-0.05, 0) is 92.8 Å². The fraction of sp³-hybridized carbons (Fsp3) is 0.419. The molecule has 194 valence electrons. The molecule has 5 rings (SSSR count). The van der Waals surface area contributed by atoms with E-state index in [2.05, 4.69) is 11.4 Å². The van der Waals surface area contributed by atoms with Crippen LogP contribution in [0.5, 0.6) is 0 Å². The van der Waals surface area contributed by atoms with E-state index in [-0.39, 0.29) is 29.8 Å². The predicted molar refractivity (Wildman–Crippen MR) is 142 cm³/mol. The van der Waals surface area contributed by atoms with Gasteiger partial charge in [0.1, 0.15) is 11.9 Å². The van der Waals surface area contributed by atoms with E-state index in [0.717, 1.165) is 56.1 Å². The van der Waals surface area contributed by atoms with Crippen LogP contribution in [0.15, 0.2) is 65.9 Å². The molecule has 1 aliphatic heterocycles. The van der Waals surface area contributed by atoms with Crippen molar-refractivity contribution in [1.82, 2.24) is 10.2 Å². The number of amides is 2. The van der Waals surface area contributed by atoms with Crippen LogP contribution in [0.3, 0.4) is 0 Å². The van der Waals surface area contributed by atoms with E-state index in [0.29, 0.717) is 24.4 Å². The number of fused-ring (bicyclic) bond motifs is 1. The zero-order valence-electron chi connectivity index (χ0n) is 21.3. The molecule has 1 saturated heterocycles. The number of rotatable bonds is 7. The second-order valence-corrected chi connectivity index (χ2v) is 10.3. The highest BCUT2D eigenvalue weighted by Crippen LogP contribution is 2.34. The van der Waals surface area contributed by atoms with E-state index in [1.54, 1.807) is 24.3 Å². The lowest BCUT2D eigenvalue weighted by atomic mass is 9.89. The van der Waals surface area contributed by atoms with Crippen LogP contribution in [-0.4, -0.2) is 35.4 Å². The van der Waals surface area contributed by atoms with E-state index < -0.39 is 0 Å². The summed E-state index contributed by atoms with van der Waals surface area (Å²) in [4.78, 5) is 27.9. The van der Waals surface area contributed by atoms with E-state index in [1.165, 1.54) is 30.5 Å². The molecule has 5 nitrogen and oxygen atoms in total. The lowest BCUT2D eigenvalue weighted by Gasteiger charge is -2.44. The van der Waals surface area contributed by atoms with Crippen LogP contribution < -0.4 is 5.32 Å². The van der Waals surface area contributed by atoms with Crippen LogP contribution in [0.1, 0.15) is 79.3 Å². The maximum atomic E-state index is 13.8. The number of carbonyl (C=O) groups is 2. The minimum absolute atomic E-state index is 0.00267. The summed E-state index contributed by atoms with van der Waals surface area (Å²) in [5, 5.41) is 3.01. The standard InChI is InChI=1S/C31H35FN2O3/c32-26-10-6-9-24(19-26)21-34-27-11-4-5-12-28(27)37-29(31(34)36)20-23-13-15-25(16-14-23)30(35)33-18-17-22-7-2-1-3-8-22/h6-7,9-10,13-16,19-20,27-28H,1-5,8,11-12,17-18,21H2,(H,33,35)/b29-20-. The summed E-state index contributed by atoms with van der Waals surface area (Å²) >= 11 is 0. The van der Waals surface area contributed by atoms with Crippen molar-refractivity contribution >= 4 is 17.9 Å². The van der Waals surface area contributed by atoms with Gasteiger partial charge in [0, 0.05) is 18.7 Å². The monoisotopic (exact) mass is 502 g/mol. The van der Waals surface area contributed by atoms with E-state index in [1.807, 2.05) is 23.1 Å². The Morgan fingerprint density at radius 2 is 1.92 bits per heavy atom. The number of hydrogen-bond donors (Lipinski definition) is 1. The van der Waals surface area contributed by atoms with Crippen molar-refractivity contribution in [2.24, 2.45) is 0 Å². The highest BCUT2D eigenvalue weighted by atomic mass is 19.1. The number of allylic oxidation sites excluding steroid dienone is 1. The van der Waals surface area contributed by atoms with Gasteiger partial charge >= 0.3 is 0 Å². The SMILES string of the molecule is O=C(NCCC1=CCCCC1)c1ccc(/C=C2\OC3CCCCC3N(Cc3cccc(F)c3)C2=O)cc1. The lowest BCUT2D eigenvalue weighted by Crippen LogP contribution is -2.54. The summed E-state index contributed by atoms with van der Waals surface area (Å²) in [5.41, 5.74) is 3.61. The van der Waals surface area contributed by atoms with Gasteiger partial charge in [0.05, 0.1) is 6.04 Å². The lowest BCUT2D eigenvalue weighted by molar-refractivity contribution is -0.149. The molecule has 1 heterocycles. The summed E-state index contributed by atoms with van der Waals surface area (Å²) in [6, 6.07) is 13.7. The minimum atomic E-state index is -0.302. The fourth-order valence-corrected chi connectivity index (χ4v) is 5.65. The molecule has 2 amide bonds. The second kappa shape index (κ2) is 11.8. The van der Waals surface area contributed by atoms with Crippen LogP contribution in [0.25, 0.3) is 6.08 Å². The molecular formula is C31H35FN2O3. The Kier molecular flexibility index (Phi) is 8.02. The van der Waals surface area contributed by atoms with Gasteiger partial charge in [-0.1, -0.05) is 42.3 Å². The predicted octanol–water partition coefficient (Wildman–Crippen LogP) is 6.16. The number of morpholine rings is 1. The molecule has 2 aliphatic carbocycles. The van der Waals surface area contributed by atoms with Gasteiger partial charge in [0.2, 0.25) is 0 Å². The zero-order valence-corrected chi connectivity index (χ0v) is 21.3. The van der Waals surface area contributed by atoms with Crippen molar-refractivity contribution < 1.29 is 18.7 Å². The summed E-state index contributed by atoms with van der Waals surface area (Å²) in [6.45, 7) is 0.997. The largest absolute Gasteiger partial charge is 0.482 e. The Bertz CT molecular complexity index is 1190. The zero-order chi connectivity index (χ0) is 25.6. The summed E-state index contributed by atoms with van der Waals surface area (Å²) in [5.74, 6) is -0.264. The number of nitrogens with zero attached hydrogens (tertiary/aromatic N) is 1. The first-order valence-corrected chi connectivity index (χ1v) is 13.6. The van der Waals surface area contributed by atoms with Gasteiger partial charge in [-0.3, -0.25) is 9.59 Å². The molecule has 0 bridgehead atoms. The fourth-order valence-electron chi connectivity index (χ4n) is 5.65. The molecule has 2 aromatic carbocycles. The van der Waals surface area contributed by atoms with E-state index in [9.17, 15) is 14.0 Å². The summed E-state index contributed by atoms with van der Waals surface area (Å²) in [6.07, 6.45) is 13.6. The molecule has 6 heteroatoms. The Labute approximate surface area is 218 Å². The third kappa shape index (κ3) is 6.30. The average Bonchev–Trinajstić information content (AvgIpc) is 2.92. The molecule has 1 saturated carbocycles. The normalized spacial score (nSPS) is 22.7. The van der Waals surface area contributed by atoms with Crippen molar-refractivity contribution in [3.8, 4) is 0 Å². The highest BCUT2D eigenvalue weighted by molar-refractivity contribution is 5.97. The molecule has 1 N–H and O–H groups in total. The third-order valence-electron chi connectivity index (χ3n) is 7.65. The van der Waals surface area contributed by atoms with Gasteiger partial charge in [0.25, 0.3) is 11.8 Å². The first kappa shape index (κ1) is 25.2. The maximum Gasteiger partial charge on any atom is 0.289 e. The van der Waals surface area contributed by atoms with E-state index >= 15 is 0 Å². The van der Waals surface area contributed by atoms with Crippen molar-refractivity contribution in [2.75, 3.05) is 6.54 Å². The molecule has 37 heavy (non-hydrogen) atoms. The Balaban J connectivity index is 1.26. The van der Waals surface area contributed by atoms with Crippen LogP contribution in [0, 0.1) is 5.82 Å². The first-order valence-electron chi connectivity index (χ1n) is 13.6. The van der Waals surface area contributed by atoms with E-state index in [4.69, 9.17) is 4.74 Å². The van der Waals surface area contributed by atoms with Crippen LogP contribution in [-0.2, 0) is 16.1 Å². The maximum absolute atomic E-state index is 13.8. The molecule has 2 atom stereocenters. The van der Waals surface area contributed by atoms with Crippen molar-refractivity contribution in [1.29, 1.82) is 0 Å². The number of halogens is 1. The molecule has 2 aromatic rings. The van der Waals surface area contributed by atoms with Crippen LogP contribution in [0.4, 0.5) is 4.39 Å². The molecular weight excluding hydrogens is 467 g/mol. The van der Waals surface area contributed by atoms with Crippen molar-refractivity contribution in [2.45, 2.75) is 76.5 Å². The number of hydrogen-bond acceptors (Lipinski definition) is 3. The number of ether oxygens (including phenoxy) is 1. The molecule has 3 aliphatic rings. The molecule has 2 fully saturated rings. The highest BCUT2D eigenvalue weighted by Gasteiger charge is 2.41. The van der Waals surface area contributed by atoms with Gasteiger partial charge < -0.3 is 15.0 Å². The quantitative estimate of drug-likeness (QED) is 0.365. The molecule has 0 spiro atoms. The summed E-state index contributed by atoms with van der Waals surface area (Å²) < 4.78 is 20.0. The first-order chi connectivity index (χ1) is 18.1. The second-order valence-electron chi connectivity index (χ2n) is 10.3. The Hall–Kier alpha value is -3.41. The van der Waals surface area contributed by atoms with Crippen molar-refractivity contribution in [3.05, 3.63) is 88.4 Å². The average molecular weight is 503 g/mol. The van der Waals surface area contributed by atoms with Gasteiger partial charge in [0.15, 0.2) is 5.76 Å². The van der Waals surface area contributed by atoms with Gasteiger partial charge in [-0.2, -0.15) is 0 Å². The van der Waals surface area contributed by atoms with Crippen molar-refractivity contribution in [3.63, 3.8) is 0 Å². The molecule has 0 aromatic heterocycles. The summed E-state index contributed by atoms with van der Waals surface area (Å²) in [7, 11) is 0. The number of carbonyl (C=O) groups excluding carboxylic acids is 2. The Morgan fingerprint density at radius 1 is 1.08 bits per heavy atom. The topological polar surface area (TPSA) is 58.6 Å². The Morgan fingerprint density at radius 3 is 2.70 bits per heavy atom. The van der Waals surface area contributed by atoms with Crippen LogP contribution in [0.2, 0.25) is 0 Å². The smallest absolute Gasteiger partial charge is 0.289 e. The van der Waals surface area contributed by atoms with Gasteiger partial charge in [-0.25, -0.2) is 4.39 Å².